The van der Waals surface area contributed by atoms with E-state index in [1.165, 1.54) is 0 Å². The third-order valence-electron chi connectivity index (χ3n) is 3.61. The van der Waals surface area contributed by atoms with Crippen molar-refractivity contribution < 1.29 is 13.9 Å². The van der Waals surface area contributed by atoms with Crippen molar-refractivity contribution in [3.63, 3.8) is 0 Å². The van der Waals surface area contributed by atoms with Gasteiger partial charge in [0.25, 0.3) is 0 Å². The van der Waals surface area contributed by atoms with Crippen LogP contribution >= 0.6 is 0 Å². The Labute approximate surface area is 138 Å². The number of aromatic nitrogens is 1. The number of halogens is 2. The van der Waals surface area contributed by atoms with Crippen LogP contribution in [0.2, 0.25) is 0 Å². The van der Waals surface area contributed by atoms with Crippen LogP contribution in [0.25, 0.3) is 23.1 Å². The van der Waals surface area contributed by atoms with Gasteiger partial charge in [0.2, 0.25) is 0 Å². The summed E-state index contributed by atoms with van der Waals surface area (Å²) in [5.74, 6) is -1.78. The summed E-state index contributed by atoms with van der Waals surface area (Å²) in [7, 11) is 0. The van der Waals surface area contributed by atoms with Gasteiger partial charge in [0, 0.05) is 11.5 Å². The first-order chi connectivity index (χ1) is 11.7. The third-order valence-corrected chi connectivity index (χ3v) is 3.61. The first-order valence-electron chi connectivity index (χ1n) is 7.48. The summed E-state index contributed by atoms with van der Waals surface area (Å²) in [4.78, 5) is 4.33. The highest BCUT2D eigenvalue weighted by Gasteiger charge is 2.05. The number of aliphatic hydroxyl groups excluding tert-OH is 1. The Hall–Kier alpha value is -3.01. The number of benzene rings is 2. The molecule has 1 aromatic heterocycles. The molecular weight excluding hydrogens is 308 g/mol. The van der Waals surface area contributed by atoms with E-state index in [2.05, 4.69) is 4.98 Å². The van der Waals surface area contributed by atoms with Gasteiger partial charge in [0.1, 0.15) is 0 Å². The van der Waals surface area contributed by atoms with E-state index >= 15 is 0 Å². The first-order valence-corrected chi connectivity index (χ1v) is 7.48. The summed E-state index contributed by atoms with van der Waals surface area (Å²) in [6.45, 7) is 0. The van der Waals surface area contributed by atoms with Gasteiger partial charge in [-0.05, 0) is 41.8 Å². The lowest BCUT2D eigenvalue weighted by molar-refractivity contribution is 0.471. The van der Waals surface area contributed by atoms with Crippen molar-refractivity contribution in [2.24, 2.45) is 0 Å². The van der Waals surface area contributed by atoms with Crippen LogP contribution in [0.5, 0.6) is 0 Å². The highest BCUT2D eigenvalue weighted by Crippen LogP contribution is 2.18. The predicted octanol–water partition coefficient (Wildman–Crippen LogP) is 5.30. The molecule has 3 rings (SSSR count). The van der Waals surface area contributed by atoms with E-state index in [1.807, 2.05) is 36.4 Å². The molecule has 1 heterocycles. The van der Waals surface area contributed by atoms with Crippen LogP contribution in [-0.4, -0.2) is 10.1 Å². The van der Waals surface area contributed by atoms with Gasteiger partial charge in [-0.1, -0.05) is 36.4 Å². The quantitative estimate of drug-likeness (QED) is 0.661. The zero-order valence-corrected chi connectivity index (χ0v) is 12.8. The standard InChI is InChI=1S/C20H15F2NO/c21-18-12-16-7-9-17(23-20(16)13-19(18)22)8-6-15-4-1-3-14(11-15)5-2-10-24/h1-4,6-13,24H,5H2. The molecule has 120 valence electrons. The van der Waals surface area contributed by atoms with Crippen molar-refractivity contribution in [1.82, 2.24) is 4.98 Å². The van der Waals surface area contributed by atoms with Gasteiger partial charge in [0.05, 0.1) is 17.5 Å². The molecule has 3 aromatic rings. The molecular formula is C20H15F2NO. The van der Waals surface area contributed by atoms with Crippen LogP contribution in [0.15, 0.2) is 60.9 Å². The Morgan fingerprint density at radius 1 is 0.958 bits per heavy atom. The molecule has 2 aromatic carbocycles. The summed E-state index contributed by atoms with van der Waals surface area (Å²) in [6.07, 6.45) is 7.07. The van der Waals surface area contributed by atoms with Crippen LogP contribution < -0.4 is 0 Å². The molecule has 0 radical (unpaired) electrons. The fourth-order valence-electron chi connectivity index (χ4n) is 2.42. The first kappa shape index (κ1) is 15.9. The van der Waals surface area contributed by atoms with Crippen LogP contribution in [0.1, 0.15) is 16.8 Å². The largest absolute Gasteiger partial charge is 0.516 e. The van der Waals surface area contributed by atoms with Gasteiger partial charge in [-0.15, -0.1) is 0 Å². The van der Waals surface area contributed by atoms with Gasteiger partial charge in [0.15, 0.2) is 11.6 Å². The second-order valence-electron chi connectivity index (χ2n) is 5.36. The van der Waals surface area contributed by atoms with Gasteiger partial charge in [-0.3, -0.25) is 0 Å². The molecule has 0 saturated heterocycles. The Morgan fingerprint density at radius 2 is 1.79 bits per heavy atom. The maximum Gasteiger partial charge on any atom is 0.161 e. The van der Waals surface area contributed by atoms with E-state index in [9.17, 15) is 8.78 Å². The minimum atomic E-state index is -0.902. The lowest BCUT2D eigenvalue weighted by atomic mass is 10.1. The number of hydrogen-bond donors (Lipinski definition) is 1. The van der Waals surface area contributed by atoms with Gasteiger partial charge in [-0.2, -0.15) is 0 Å². The Bertz CT molecular complexity index is 932. The van der Waals surface area contributed by atoms with Crippen LogP contribution in [-0.2, 0) is 6.42 Å². The SMILES string of the molecule is OC=CCc1cccc(C=Cc2ccc3cc(F)c(F)cc3n2)c1. The van der Waals surface area contributed by atoms with E-state index in [0.29, 0.717) is 23.0 Å². The van der Waals surface area contributed by atoms with E-state index in [1.54, 1.807) is 18.2 Å². The molecule has 0 aliphatic heterocycles. The van der Waals surface area contributed by atoms with Crippen LogP contribution in [0, 0.1) is 11.6 Å². The number of hydrogen-bond acceptors (Lipinski definition) is 2. The monoisotopic (exact) mass is 323 g/mol. The van der Waals surface area contributed by atoms with Gasteiger partial charge < -0.3 is 5.11 Å². The highest BCUT2D eigenvalue weighted by atomic mass is 19.2. The van der Waals surface area contributed by atoms with E-state index in [4.69, 9.17) is 5.11 Å². The minimum Gasteiger partial charge on any atom is -0.516 e. The predicted molar refractivity (Wildman–Crippen MR) is 92.5 cm³/mol. The fraction of sp³-hybridized carbons (Fsp3) is 0.0500. The van der Waals surface area contributed by atoms with Crippen molar-refractivity contribution in [3.8, 4) is 0 Å². The molecule has 0 aliphatic rings. The zero-order chi connectivity index (χ0) is 16.9. The van der Waals surface area contributed by atoms with E-state index in [0.717, 1.165) is 29.5 Å². The van der Waals surface area contributed by atoms with Crippen LogP contribution in [0.3, 0.4) is 0 Å². The van der Waals surface area contributed by atoms with Gasteiger partial charge in [-0.25, -0.2) is 13.8 Å². The number of aliphatic hydroxyl groups is 1. The number of rotatable bonds is 4. The zero-order valence-electron chi connectivity index (χ0n) is 12.8. The molecule has 0 atom stereocenters. The summed E-state index contributed by atoms with van der Waals surface area (Å²) in [5.41, 5.74) is 3.14. The second-order valence-corrected chi connectivity index (χ2v) is 5.36. The Morgan fingerprint density at radius 3 is 2.62 bits per heavy atom. The molecule has 0 aliphatic carbocycles. The van der Waals surface area contributed by atoms with Crippen molar-refractivity contribution in [3.05, 3.63) is 89.3 Å². The summed E-state index contributed by atoms with van der Waals surface area (Å²) in [5, 5.41) is 9.28. The molecule has 0 fully saturated rings. The lowest BCUT2D eigenvalue weighted by Gasteiger charge is -2.01. The molecule has 0 spiro atoms. The van der Waals surface area contributed by atoms with Crippen molar-refractivity contribution >= 4 is 23.1 Å². The number of pyridine rings is 1. The Balaban J connectivity index is 1.86. The van der Waals surface area contributed by atoms with Crippen LogP contribution in [0.4, 0.5) is 8.78 Å². The van der Waals surface area contributed by atoms with Crippen molar-refractivity contribution in [2.75, 3.05) is 0 Å². The number of fused-ring (bicyclic) bond motifs is 1. The normalized spacial score (nSPS) is 11.8. The molecule has 24 heavy (non-hydrogen) atoms. The second kappa shape index (κ2) is 7.04. The Kier molecular flexibility index (Phi) is 4.66. The summed E-state index contributed by atoms with van der Waals surface area (Å²) in [6, 6.07) is 13.6. The molecule has 2 nitrogen and oxygen atoms in total. The minimum absolute atomic E-state index is 0.415. The third kappa shape index (κ3) is 3.66. The lowest BCUT2D eigenvalue weighted by Crippen LogP contribution is -1.88. The molecule has 0 unspecified atom stereocenters. The van der Waals surface area contributed by atoms with Gasteiger partial charge >= 0.3 is 0 Å². The number of allylic oxidation sites excluding steroid dienone is 1. The molecule has 0 amide bonds. The summed E-state index contributed by atoms with van der Waals surface area (Å²) >= 11 is 0. The van der Waals surface area contributed by atoms with Crippen molar-refractivity contribution in [1.29, 1.82) is 0 Å². The average molecular weight is 323 g/mol. The maximum absolute atomic E-state index is 13.3. The fourth-order valence-corrected chi connectivity index (χ4v) is 2.42. The highest BCUT2D eigenvalue weighted by molar-refractivity contribution is 5.81. The van der Waals surface area contributed by atoms with Crippen molar-refractivity contribution in [2.45, 2.75) is 6.42 Å². The molecule has 1 N–H and O–H groups in total. The topological polar surface area (TPSA) is 33.1 Å². The number of nitrogens with zero attached hydrogens (tertiary/aromatic N) is 1. The van der Waals surface area contributed by atoms with E-state index in [-0.39, 0.29) is 0 Å². The molecule has 0 bridgehead atoms. The molecule has 0 saturated carbocycles. The van der Waals surface area contributed by atoms with E-state index < -0.39 is 11.6 Å². The summed E-state index contributed by atoms with van der Waals surface area (Å²) < 4.78 is 26.5. The molecule has 4 heteroatoms. The smallest absolute Gasteiger partial charge is 0.161 e. The maximum atomic E-state index is 13.3. The average Bonchev–Trinajstić information content (AvgIpc) is 2.59.